The molecule has 43 heavy (non-hydrogen) atoms. The first-order valence-electron chi connectivity index (χ1n) is 13.7. The predicted octanol–water partition coefficient (Wildman–Crippen LogP) is 3.59. The molecule has 0 unspecified atom stereocenters. The molecule has 3 heterocycles. The van der Waals surface area contributed by atoms with Gasteiger partial charge in [0.05, 0.1) is 23.0 Å². The van der Waals surface area contributed by atoms with Gasteiger partial charge >= 0.3 is 5.97 Å². The minimum atomic E-state index is -4.31. The highest BCUT2D eigenvalue weighted by Gasteiger charge is 2.52. The summed E-state index contributed by atoms with van der Waals surface area (Å²) in [6.45, 7) is 1.08. The third-order valence-corrected chi connectivity index (χ3v) is 10.0. The van der Waals surface area contributed by atoms with Crippen molar-refractivity contribution in [3.63, 3.8) is 0 Å². The van der Waals surface area contributed by atoms with E-state index in [1.165, 1.54) is 29.1 Å². The van der Waals surface area contributed by atoms with Crippen LogP contribution in [0.2, 0.25) is 0 Å². The second-order valence-electron chi connectivity index (χ2n) is 11.1. The number of halogens is 1. The molecule has 1 fully saturated rings. The van der Waals surface area contributed by atoms with Crippen LogP contribution in [0.4, 0.5) is 4.39 Å². The number of Topliss-reactive ketones (excluding diaryl/α,β-unsaturated/α-hetero) is 1. The maximum absolute atomic E-state index is 14.5. The van der Waals surface area contributed by atoms with Crippen molar-refractivity contribution in [3.8, 4) is 5.69 Å². The Labute approximate surface area is 247 Å². The van der Waals surface area contributed by atoms with Gasteiger partial charge in [0.25, 0.3) is 10.0 Å². The van der Waals surface area contributed by atoms with E-state index in [4.69, 9.17) is 0 Å². The number of carboxylic acid groups (broad SMARTS) is 1. The van der Waals surface area contributed by atoms with Crippen LogP contribution in [0.5, 0.6) is 0 Å². The molecule has 222 valence electrons. The highest BCUT2D eigenvalue weighted by molar-refractivity contribution is 7.89. The molecule has 4 aromatic rings. The summed E-state index contributed by atoms with van der Waals surface area (Å²) in [4.78, 5) is 30.8. The highest BCUT2D eigenvalue weighted by atomic mass is 32.2. The van der Waals surface area contributed by atoms with Gasteiger partial charge in [-0.1, -0.05) is 5.57 Å². The second kappa shape index (κ2) is 10.7. The molecule has 1 saturated carbocycles. The molecular weight excluding hydrogens is 575 g/mol. The predicted molar refractivity (Wildman–Crippen MR) is 153 cm³/mol. The molecule has 13 heteroatoms. The van der Waals surface area contributed by atoms with Crippen molar-refractivity contribution in [2.75, 3.05) is 6.54 Å². The van der Waals surface area contributed by atoms with Gasteiger partial charge in [0.15, 0.2) is 10.8 Å². The van der Waals surface area contributed by atoms with Gasteiger partial charge in [-0.05, 0) is 92.3 Å². The number of allylic oxidation sites excluding steroid dienone is 1. The summed E-state index contributed by atoms with van der Waals surface area (Å²) in [5.41, 5.74) is 2.86. The molecule has 2 aliphatic rings. The van der Waals surface area contributed by atoms with Gasteiger partial charge < -0.3 is 5.11 Å². The number of hydrogen-bond donors (Lipinski definition) is 1. The van der Waals surface area contributed by atoms with Gasteiger partial charge in [0, 0.05) is 25.5 Å². The average Bonchev–Trinajstić information content (AvgIpc) is 3.60. The quantitative estimate of drug-likeness (QED) is 0.301. The van der Waals surface area contributed by atoms with Crippen molar-refractivity contribution in [3.05, 3.63) is 95.0 Å². The molecule has 0 aliphatic heterocycles. The van der Waals surface area contributed by atoms with Crippen LogP contribution in [0.1, 0.15) is 46.6 Å². The summed E-state index contributed by atoms with van der Waals surface area (Å²) < 4.78 is 45.1. The van der Waals surface area contributed by atoms with E-state index in [2.05, 4.69) is 15.2 Å². The number of nitrogens with zero attached hydrogens (tertiary/aromatic N) is 6. The van der Waals surface area contributed by atoms with Crippen LogP contribution in [0, 0.1) is 18.2 Å². The van der Waals surface area contributed by atoms with Crippen LogP contribution in [-0.4, -0.2) is 66.7 Å². The van der Waals surface area contributed by atoms with E-state index in [-0.39, 0.29) is 35.2 Å². The van der Waals surface area contributed by atoms with Crippen LogP contribution >= 0.6 is 0 Å². The van der Waals surface area contributed by atoms with Gasteiger partial charge in [-0.15, -0.1) is 0 Å². The smallest absolute Gasteiger partial charge is 0.318 e. The van der Waals surface area contributed by atoms with E-state index < -0.39 is 34.0 Å². The summed E-state index contributed by atoms with van der Waals surface area (Å²) in [5.74, 6) is -1.95. The topological polar surface area (TPSA) is 140 Å². The molecule has 2 aliphatic carbocycles. The molecule has 2 atom stereocenters. The molecule has 6 rings (SSSR count). The number of carbonyl (C=O) groups excluding carboxylic acids is 1. The second-order valence-corrected chi connectivity index (χ2v) is 12.9. The Kier molecular flexibility index (Phi) is 7.09. The Morgan fingerprint density at radius 3 is 2.63 bits per heavy atom. The Morgan fingerprint density at radius 2 is 1.95 bits per heavy atom. The Balaban J connectivity index is 1.46. The number of aromatic nitrogens is 5. The highest BCUT2D eigenvalue weighted by Crippen LogP contribution is 2.51. The molecule has 0 spiro atoms. The van der Waals surface area contributed by atoms with Crippen LogP contribution < -0.4 is 0 Å². The summed E-state index contributed by atoms with van der Waals surface area (Å²) in [6.07, 6.45) is 7.50. The first kappa shape index (κ1) is 28.6. The molecule has 0 amide bonds. The van der Waals surface area contributed by atoms with Crippen molar-refractivity contribution >= 4 is 27.9 Å². The number of carboxylic acids is 1. The van der Waals surface area contributed by atoms with E-state index in [0.717, 1.165) is 26.7 Å². The Hall–Kier alpha value is -4.49. The lowest BCUT2D eigenvalue weighted by Crippen LogP contribution is -2.52. The molecule has 0 radical (unpaired) electrons. The summed E-state index contributed by atoms with van der Waals surface area (Å²) in [5, 5.41) is 18.1. The normalized spacial score (nSPS) is 19.9. The zero-order chi connectivity index (χ0) is 30.5. The molecule has 11 nitrogen and oxygen atoms in total. The van der Waals surface area contributed by atoms with E-state index in [1.807, 2.05) is 13.0 Å². The lowest BCUT2D eigenvalue weighted by molar-refractivity contribution is -0.137. The lowest BCUT2D eigenvalue weighted by Gasteiger charge is -2.46. The summed E-state index contributed by atoms with van der Waals surface area (Å²) >= 11 is 0. The van der Waals surface area contributed by atoms with Crippen LogP contribution in [0.25, 0.3) is 11.8 Å². The minimum absolute atomic E-state index is 0.0494. The maximum Gasteiger partial charge on any atom is 0.318 e. The van der Waals surface area contributed by atoms with Crippen molar-refractivity contribution < 1.29 is 27.5 Å². The Bertz CT molecular complexity index is 1880. The SMILES string of the molecule is Cc1ccnc(C(=O)[C@]23Cc4cnn(-c5ccc(F)cc5)c4C=C2CC[C@H](N(CC(=O)O)S(=O)(=O)c2ccn(C)n2)C3)c1. The fourth-order valence-electron chi connectivity index (χ4n) is 6.22. The number of fused-ring (bicyclic) bond motifs is 2. The number of pyridine rings is 1. The van der Waals surface area contributed by atoms with Crippen molar-refractivity contribution in [1.82, 2.24) is 28.9 Å². The first-order chi connectivity index (χ1) is 20.5. The lowest BCUT2D eigenvalue weighted by atomic mass is 9.60. The average molecular weight is 605 g/mol. The van der Waals surface area contributed by atoms with Crippen molar-refractivity contribution in [2.24, 2.45) is 12.5 Å². The molecule has 3 aromatic heterocycles. The molecule has 1 N–H and O–H groups in total. The summed E-state index contributed by atoms with van der Waals surface area (Å²) in [7, 11) is -2.73. The van der Waals surface area contributed by atoms with Crippen molar-refractivity contribution in [2.45, 2.75) is 43.7 Å². The van der Waals surface area contributed by atoms with E-state index in [9.17, 15) is 27.5 Å². The van der Waals surface area contributed by atoms with E-state index >= 15 is 0 Å². The number of hydrogen-bond acceptors (Lipinski definition) is 7. The largest absolute Gasteiger partial charge is 0.480 e. The third kappa shape index (κ3) is 5.08. The molecular formula is C30H29FN6O5S. The van der Waals surface area contributed by atoms with Crippen LogP contribution in [0.15, 0.2) is 71.7 Å². The van der Waals surface area contributed by atoms with E-state index in [1.54, 1.807) is 48.4 Å². The van der Waals surface area contributed by atoms with Gasteiger partial charge in [0.2, 0.25) is 0 Å². The van der Waals surface area contributed by atoms with Crippen LogP contribution in [0.3, 0.4) is 0 Å². The standard InChI is InChI=1S/C30H29FN6O5S/c1-19-9-11-32-25(13-19)29(40)30-15-20-17-33-37(23-7-4-22(31)5-8-23)26(20)14-21(30)3-6-24(16-30)36(18-28(38)39)43(41,42)27-10-12-35(2)34-27/h4-5,7-14,17,24H,3,6,15-16,18H2,1-2H3,(H,38,39)/t24-,30-/m0/s1. The number of aliphatic carboxylic acids is 1. The number of aryl methyl sites for hydroxylation is 2. The molecule has 0 saturated heterocycles. The zero-order valence-corrected chi connectivity index (χ0v) is 24.3. The maximum atomic E-state index is 14.5. The van der Waals surface area contributed by atoms with E-state index in [0.29, 0.717) is 18.5 Å². The molecule has 0 bridgehead atoms. The van der Waals surface area contributed by atoms with Crippen LogP contribution in [-0.2, 0) is 28.3 Å². The monoisotopic (exact) mass is 604 g/mol. The summed E-state index contributed by atoms with van der Waals surface area (Å²) in [6, 6.07) is 9.95. The fourth-order valence-corrected chi connectivity index (χ4v) is 7.78. The number of rotatable bonds is 8. The third-order valence-electron chi connectivity index (χ3n) is 8.25. The van der Waals surface area contributed by atoms with Crippen molar-refractivity contribution in [1.29, 1.82) is 0 Å². The Morgan fingerprint density at radius 1 is 1.19 bits per heavy atom. The fraction of sp³-hybridized carbons (Fsp3) is 0.300. The number of benzene rings is 1. The molecule has 1 aromatic carbocycles. The number of ketones is 1. The van der Waals surface area contributed by atoms with Gasteiger partial charge in [-0.25, -0.2) is 17.5 Å². The minimum Gasteiger partial charge on any atom is -0.480 e. The number of carbonyl (C=O) groups is 2. The van der Waals surface area contributed by atoms with Gasteiger partial charge in [0.1, 0.15) is 18.1 Å². The zero-order valence-electron chi connectivity index (χ0n) is 23.5. The van der Waals surface area contributed by atoms with Gasteiger partial charge in [-0.3, -0.25) is 19.3 Å². The number of sulfonamides is 1. The first-order valence-corrected chi connectivity index (χ1v) is 15.2. The van der Waals surface area contributed by atoms with Gasteiger partial charge in [-0.2, -0.15) is 14.5 Å².